The number of aromatic nitrogens is 2. The third-order valence-electron chi connectivity index (χ3n) is 4.77. The maximum absolute atomic E-state index is 12.7. The van der Waals surface area contributed by atoms with Crippen LogP contribution in [0.3, 0.4) is 0 Å². The molecule has 1 aliphatic heterocycles. The molecule has 0 saturated carbocycles. The van der Waals surface area contributed by atoms with Gasteiger partial charge in [-0.1, -0.05) is 6.92 Å². The van der Waals surface area contributed by atoms with Crippen LogP contribution in [0.4, 0.5) is 0 Å². The summed E-state index contributed by atoms with van der Waals surface area (Å²) >= 11 is 0. The average Bonchev–Trinajstić information content (AvgIpc) is 2.71. The largest absolute Gasteiger partial charge is 0.466 e. The van der Waals surface area contributed by atoms with E-state index in [1.807, 2.05) is 13.8 Å². The fourth-order valence-corrected chi connectivity index (χ4v) is 3.29. The van der Waals surface area contributed by atoms with Crippen LogP contribution in [0, 0.1) is 12.8 Å². The van der Waals surface area contributed by atoms with E-state index in [0.29, 0.717) is 32.8 Å². The number of nitrogens with zero attached hydrogens (tertiary/aromatic N) is 4. The molecule has 2 amide bonds. The van der Waals surface area contributed by atoms with Crippen LogP contribution in [-0.2, 0) is 14.3 Å². The van der Waals surface area contributed by atoms with Crippen molar-refractivity contribution >= 4 is 17.8 Å². The van der Waals surface area contributed by atoms with Gasteiger partial charge in [0, 0.05) is 38.8 Å². The van der Waals surface area contributed by atoms with Gasteiger partial charge in [-0.3, -0.25) is 19.4 Å². The van der Waals surface area contributed by atoms with Crippen LogP contribution in [-0.4, -0.2) is 70.3 Å². The summed E-state index contributed by atoms with van der Waals surface area (Å²) in [4.78, 5) is 48.9. The number of carbonyl (C=O) groups excluding carboxylic acids is 3. The highest BCUT2D eigenvalue weighted by molar-refractivity contribution is 5.92. The van der Waals surface area contributed by atoms with Crippen LogP contribution >= 0.6 is 0 Å². The number of ether oxygens (including phenoxy) is 1. The van der Waals surface area contributed by atoms with E-state index >= 15 is 0 Å². The number of aryl methyl sites for hydroxylation is 1. The first kappa shape index (κ1) is 21.8. The molecule has 1 fully saturated rings. The standard InChI is InChI=1S/C20H30N4O4/c1-4-9-23(19(26)17-13-21-15(3)12-22-17)11-8-18(25)24-10-6-7-16(14-24)20(27)28-5-2/h12-13,16H,4-11,14H2,1-3H3. The van der Waals surface area contributed by atoms with Gasteiger partial charge in [0.05, 0.1) is 24.4 Å². The van der Waals surface area contributed by atoms with Gasteiger partial charge in [0.15, 0.2) is 0 Å². The topological polar surface area (TPSA) is 92.7 Å². The zero-order valence-corrected chi connectivity index (χ0v) is 17.0. The molecule has 1 atom stereocenters. The minimum atomic E-state index is -0.256. The Hall–Kier alpha value is -2.51. The number of esters is 1. The summed E-state index contributed by atoms with van der Waals surface area (Å²) in [6, 6.07) is 0. The lowest BCUT2D eigenvalue weighted by atomic mass is 9.98. The zero-order chi connectivity index (χ0) is 20.5. The molecule has 0 aromatic carbocycles. The fourth-order valence-electron chi connectivity index (χ4n) is 3.29. The maximum Gasteiger partial charge on any atom is 0.310 e. The van der Waals surface area contributed by atoms with Crippen molar-refractivity contribution in [2.45, 2.75) is 46.5 Å². The lowest BCUT2D eigenvalue weighted by Crippen LogP contribution is -2.44. The van der Waals surface area contributed by atoms with E-state index in [1.165, 1.54) is 6.20 Å². The molecule has 0 spiro atoms. The van der Waals surface area contributed by atoms with Crippen molar-refractivity contribution in [2.24, 2.45) is 5.92 Å². The molecule has 8 nitrogen and oxygen atoms in total. The normalized spacial score (nSPS) is 16.5. The summed E-state index contributed by atoms with van der Waals surface area (Å²) in [5.74, 6) is -0.752. The Morgan fingerprint density at radius 2 is 2.00 bits per heavy atom. The second-order valence-electron chi connectivity index (χ2n) is 7.02. The van der Waals surface area contributed by atoms with Crippen molar-refractivity contribution in [2.75, 3.05) is 32.8 Å². The molecular formula is C20H30N4O4. The molecule has 1 aromatic heterocycles. The van der Waals surface area contributed by atoms with Crippen molar-refractivity contribution in [3.63, 3.8) is 0 Å². The highest BCUT2D eigenvalue weighted by Crippen LogP contribution is 2.19. The van der Waals surface area contributed by atoms with Crippen molar-refractivity contribution in [3.8, 4) is 0 Å². The van der Waals surface area contributed by atoms with Crippen LogP contribution in [0.25, 0.3) is 0 Å². The van der Waals surface area contributed by atoms with Crippen LogP contribution in [0.2, 0.25) is 0 Å². The Balaban J connectivity index is 1.93. The van der Waals surface area contributed by atoms with Gasteiger partial charge >= 0.3 is 5.97 Å². The number of amides is 2. The van der Waals surface area contributed by atoms with E-state index in [4.69, 9.17) is 4.74 Å². The monoisotopic (exact) mass is 390 g/mol. The van der Waals surface area contributed by atoms with Gasteiger partial charge in [-0.05, 0) is 33.1 Å². The van der Waals surface area contributed by atoms with Crippen molar-refractivity contribution in [1.29, 1.82) is 0 Å². The Kier molecular flexibility index (Phi) is 8.35. The van der Waals surface area contributed by atoms with Crippen molar-refractivity contribution in [3.05, 3.63) is 23.8 Å². The molecule has 1 unspecified atom stereocenters. The predicted molar refractivity (Wildman–Crippen MR) is 104 cm³/mol. The number of likely N-dealkylation sites (tertiary alicyclic amines) is 1. The summed E-state index contributed by atoms with van der Waals surface area (Å²) in [5, 5.41) is 0. The van der Waals surface area contributed by atoms with Crippen LogP contribution in [0.5, 0.6) is 0 Å². The smallest absolute Gasteiger partial charge is 0.310 e. The second-order valence-corrected chi connectivity index (χ2v) is 7.02. The molecule has 0 radical (unpaired) electrons. The second kappa shape index (κ2) is 10.7. The molecule has 28 heavy (non-hydrogen) atoms. The lowest BCUT2D eigenvalue weighted by Gasteiger charge is -2.32. The number of piperidine rings is 1. The van der Waals surface area contributed by atoms with E-state index in [9.17, 15) is 14.4 Å². The number of hydrogen-bond acceptors (Lipinski definition) is 6. The highest BCUT2D eigenvalue weighted by Gasteiger charge is 2.29. The first-order valence-corrected chi connectivity index (χ1v) is 9.98. The molecule has 8 heteroatoms. The molecule has 0 N–H and O–H groups in total. The van der Waals surface area contributed by atoms with Crippen LogP contribution in [0.15, 0.2) is 12.4 Å². The molecule has 1 aromatic rings. The summed E-state index contributed by atoms with van der Waals surface area (Å²) < 4.78 is 5.09. The molecule has 2 heterocycles. The Labute approximate surface area is 166 Å². The van der Waals surface area contributed by atoms with Crippen LogP contribution in [0.1, 0.15) is 55.7 Å². The average molecular weight is 390 g/mol. The van der Waals surface area contributed by atoms with Gasteiger partial charge in [0.1, 0.15) is 5.69 Å². The lowest BCUT2D eigenvalue weighted by molar-refractivity contribution is -0.151. The predicted octanol–water partition coefficient (Wildman–Crippen LogP) is 1.83. The van der Waals surface area contributed by atoms with Crippen molar-refractivity contribution in [1.82, 2.24) is 19.8 Å². The third-order valence-corrected chi connectivity index (χ3v) is 4.77. The van der Waals surface area contributed by atoms with E-state index in [2.05, 4.69) is 9.97 Å². The molecular weight excluding hydrogens is 360 g/mol. The summed E-state index contributed by atoms with van der Waals surface area (Å²) in [7, 11) is 0. The zero-order valence-electron chi connectivity index (χ0n) is 17.0. The molecule has 1 aliphatic rings. The van der Waals surface area contributed by atoms with Gasteiger partial charge in [-0.15, -0.1) is 0 Å². The van der Waals surface area contributed by atoms with Gasteiger partial charge in [-0.2, -0.15) is 0 Å². The molecule has 2 rings (SSSR count). The van der Waals surface area contributed by atoms with Crippen molar-refractivity contribution < 1.29 is 19.1 Å². The SMILES string of the molecule is CCCN(CCC(=O)N1CCCC(C(=O)OCC)C1)C(=O)c1cnc(C)cn1. The van der Waals surface area contributed by atoms with E-state index in [1.54, 1.807) is 22.9 Å². The summed E-state index contributed by atoms with van der Waals surface area (Å²) in [5.41, 5.74) is 1.03. The molecule has 0 aliphatic carbocycles. The summed E-state index contributed by atoms with van der Waals surface area (Å²) in [6.07, 6.45) is 5.57. The summed E-state index contributed by atoms with van der Waals surface area (Å²) in [6.45, 7) is 7.82. The van der Waals surface area contributed by atoms with E-state index in [-0.39, 0.29) is 35.8 Å². The Bertz CT molecular complexity index is 677. The van der Waals surface area contributed by atoms with Gasteiger partial charge in [0.2, 0.25) is 5.91 Å². The molecule has 154 valence electrons. The van der Waals surface area contributed by atoms with Gasteiger partial charge < -0.3 is 14.5 Å². The molecule has 0 bridgehead atoms. The van der Waals surface area contributed by atoms with Gasteiger partial charge in [0.25, 0.3) is 5.91 Å². The van der Waals surface area contributed by atoms with E-state index in [0.717, 1.165) is 25.0 Å². The quantitative estimate of drug-likeness (QED) is 0.629. The third kappa shape index (κ3) is 6.00. The Morgan fingerprint density at radius 1 is 1.21 bits per heavy atom. The van der Waals surface area contributed by atoms with E-state index < -0.39 is 0 Å². The first-order chi connectivity index (χ1) is 13.5. The van der Waals surface area contributed by atoms with Gasteiger partial charge in [-0.25, -0.2) is 4.98 Å². The molecule has 1 saturated heterocycles. The highest BCUT2D eigenvalue weighted by atomic mass is 16.5. The first-order valence-electron chi connectivity index (χ1n) is 9.98. The fraction of sp³-hybridized carbons (Fsp3) is 0.650. The minimum Gasteiger partial charge on any atom is -0.466 e. The number of rotatable bonds is 8. The maximum atomic E-state index is 12.7. The Morgan fingerprint density at radius 3 is 2.64 bits per heavy atom. The van der Waals surface area contributed by atoms with Crippen LogP contribution < -0.4 is 0 Å². The number of carbonyl (C=O) groups is 3. The number of hydrogen-bond donors (Lipinski definition) is 0. The minimum absolute atomic E-state index is 0.0436.